The van der Waals surface area contributed by atoms with Gasteiger partial charge in [0.15, 0.2) is 6.61 Å². The Bertz CT molecular complexity index is 997. The standard InChI is InChI=1S/C27H37ClN4O5/c28-20-11-12-22-19(15-20)16-30-23(33)10-4-5-13-29-26(35)21-9-6-14-32(21)27(36)25(31-24(34)17-37-22)18-7-2-1-3-8-18/h11-12,15,18,21,25H,1-10,13-14,16-17H2,(H,29,35)(H,30,33)(H,31,34)/t21-,25+/m0/s1. The third kappa shape index (κ3) is 7.37. The van der Waals surface area contributed by atoms with Crippen LogP contribution in [0.1, 0.15) is 69.8 Å². The monoisotopic (exact) mass is 532 g/mol. The normalized spacial score (nSPS) is 25.4. The fraction of sp³-hybridized carbons (Fsp3) is 0.630. The Morgan fingerprint density at radius 3 is 2.51 bits per heavy atom. The molecule has 2 fully saturated rings. The van der Waals surface area contributed by atoms with Crippen molar-refractivity contribution in [3.63, 3.8) is 0 Å². The fourth-order valence-corrected chi connectivity index (χ4v) is 5.73. The molecule has 1 saturated heterocycles. The van der Waals surface area contributed by atoms with E-state index in [-0.39, 0.29) is 36.8 Å². The fourth-order valence-electron chi connectivity index (χ4n) is 5.54. The van der Waals surface area contributed by atoms with Crippen molar-refractivity contribution in [2.75, 3.05) is 19.7 Å². The zero-order valence-corrected chi connectivity index (χ0v) is 22.0. The first-order chi connectivity index (χ1) is 17.9. The van der Waals surface area contributed by atoms with E-state index in [0.29, 0.717) is 55.1 Å². The van der Waals surface area contributed by atoms with Crippen molar-refractivity contribution in [3.8, 4) is 5.75 Å². The maximum absolute atomic E-state index is 13.8. The number of hydrogen-bond acceptors (Lipinski definition) is 5. The van der Waals surface area contributed by atoms with Gasteiger partial charge in [0.05, 0.1) is 0 Å². The van der Waals surface area contributed by atoms with E-state index in [4.69, 9.17) is 16.3 Å². The van der Waals surface area contributed by atoms with Gasteiger partial charge in [0.1, 0.15) is 17.8 Å². The summed E-state index contributed by atoms with van der Waals surface area (Å²) in [6.45, 7) is 0.885. The maximum Gasteiger partial charge on any atom is 0.258 e. The first-order valence-electron chi connectivity index (χ1n) is 13.5. The van der Waals surface area contributed by atoms with Crippen LogP contribution < -0.4 is 20.7 Å². The van der Waals surface area contributed by atoms with Crippen molar-refractivity contribution in [2.45, 2.75) is 82.8 Å². The number of carbonyl (C=O) groups excluding carboxylic acids is 4. The number of hydrogen-bond donors (Lipinski definition) is 3. The molecule has 1 aromatic carbocycles. The first-order valence-corrected chi connectivity index (χ1v) is 13.9. The first kappa shape index (κ1) is 27.2. The number of nitrogens with one attached hydrogen (secondary N) is 3. The van der Waals surface area contributed by atoms with E-state index in [1.54, 1.807) is 23.1 Å². The quantitative estimate of drug-likeness (QED) is 0.514. The predicted octanol–water partition coefficient (Wildman–Crippen LogP) is 2.69. The number of carbonyl (C=O) groups is 4. The van der Waals surface area contributed by atoms with Crippen LogP contribution in [-0.2, 0) is 25.7 Å². The highest BCUT2D eigenvalue weighted by Crippen LogP contribution is 2.29. The largest absolute Gasteiger partial charge is 0.483 e. The molecule has 3 N–H and O–H groups in total. The van der Waals surface area contributed by atoms with E-state index in [1.165, 1.54) is 0 Å². The van der Waals surface area contributed by atoms with Gasteiger partial charge in [-0.15, -0.1) is 0 Å². The summed E-state index contributed by atoms with van der Waals surface area (Å²) in [6.07, 6.45) is 7.85. The molecule has 1 saturated carbocycles. The van der Waals surface area contributed by atoms with Gasteiger partial charge in [0.25, 0.3) is 5.91 Å². The summed E-state index contributed by atoms with van der Waals surface area (Å²) in [5.41, 5.74) is 0.665. The van der Waals surface area contributed by atoms with E-state index >= 15 is 0 Å². The lowest BCUT2D eigenvalue weighted by Gasteiger charge is -2.34. The second-order valence-electron chi connectivity index (χ2n) is 10.2. The summed E-state index contributed by atoms with van der Waals surface area (Å²) >= 11 is 6.16. The highest BCUT2D eigenvalue weighted by atomic mass is 35.5. The lowest BCUT2D eigenvalue weighted by atomic mass is 9.83. The minimum Gasteiger partial charge on any atom is -0.483 e. The Balaban J connectivity index is 1.55. The van der Waals surface area contributed by atoms with Gasteiger partial charge in [0, 0.05) is 36.6 Å². The van der Waals surface area contributed by atoms with Crippen LogP contribution in [0, 0.1) is 5.92 Å². The molecule has 202 valence electrons. The molecule has 10 heteroatoms. The Kier molecular flexibility index (Phi) is 9.66. The summed E-state index contributed by atoms with van der Waals surface area (Å²) in [4.78, 5) is 53.7. The van der Waals surface area contributed by atoms with Gasteiger partial charge in [0.2, 0.25) is 17.7 Å². The molecule has 0 bridgehead atoms. The average molecular weight is 533 g/mol. The van der Waals surface area contributed by atoms with Gasteiger partial charge < -0.3 is 25.6 Å². The SMILES string of the molecule is O=C1CCCCNC(=O)[C@@H]2CCCN2C(=O)[C@@H](C2CCCCC2)NC(=O)COc2ccc(Cl)cc2CN1. The number of fused-ring (bicyclic) bond motifs is 2. The van der Waals surface area contributed by atoms with Crippen LogP contribution in [0.3, 0.4) is 0 Å². The highest BCUT2D eigenvalue weighted by Gasteiger charge is 2.40. The number of nitrogens with zero attached hydrogens (tertiary/aromatic N) is 1. The Morgan fingerprint density at radius 2 is 1.70 bits per heavy atom. The van der Waals surface area contributed by atoms with Crippen molar-refractivity contribution >= 4 is 35.2 Å². The van der Waals surface area contributed by atoms with E-state index < -0.39 is 18.0 Å². The second kappa shape index (κ2) is 13.1. The van der Waals surface area contributed by atoms with E-state index in [1.807, 2.05) is 0 Å². The zero-order valence-electron chi connectivity index (χ0n) is 21.2. The molecule has 9 nitrogen and oxygen atoms in total. The van der Waals surface area contributed by atoms with Crippen LogP contribution in [0.5, 0.6) is 5.75 Å². The van der Waals surface area contributed by atoms with E-state index in [0.717, 1.165) is 38.5 Å². The highest BCUT2D eigenvalue weighted by molar-refractivity contribution is 6.30. The van der Waals surface area contributed by atoms with Crippen molar-refractivity contribution in [3.05, 3.63) is 28.8 Å². The van der Waals surface area contributed by atoms with Crippen LogP contribution >= 0.6 is 11.6 Å². The van der Waals surface area contributed by atoms with Gasteiger partial charge in [-0.2, -0.15) is 0 Å². The number of halogens is 1. The van der Waals surface area contributed by atoms with Gasteiger partial charge in [-0.1, -0.05) is 30.9 Å². The Morgan fingerprint density at radius 1 is 0.892 bits per heavy atom. The van der Waals surface area contributed by atoms with Crippen LogP contribution in [-0.4, -0.2) is 60.3 Å². The third-order valence-corrected chi connectivity index (χ3v) is 7.76. The van der Waals surface area contributed by atoms with Crippen molar-refractivity contribution in [1.82, 2.24) is 20.9 Å². The summed E-state index contributed by atoms with van der Waals surface area (Å²) in [5.74, 6) is -0.379. The molecule has 2 heterocycles. The molecule has 3 aliphatic rings. The number of rotatable bonds is 1. The molecule has 0 unspecified atom stereocenters. The smallest absolute Gasteiger partial charge is 0.258 e. The topological polar surface area (TPSA) is 117 Å². The molecular weight excluding hydrogens is 496 g/mol. The molecule has 2 atom stereocenters. The average Bonchev–Trinajstić information content (AvgIpc) is 3.39. The van der Waals surface area contributed by atoms with Crippen LogP contribution in [0.15, 0.2) is 18.2 Å². The van der Waals surface area contributed by atoms with E-state index in [9.17, 15) is 19.2 Å². The Hall–Kier alpha value is -2.81. The van der Waals surface area contributed by atoms with Crippen molar-refractivity contribution in [2.24, 2.45) is 5.92 Å². The zero-order chi connectivity index (χ0) is 26.2. The molecule has 4 amide bonds. The molecule has 1 aromatic rings. The van der Waals surface area contributed by atoms with Crippen LogP contribution in [0.4, 0.5) is 0 Å². The minimum absolute atomic E-state index is 0.0323. The van der Waals surface area contributed by atoms with Gasteiger partial charge >= 0.3 is 0 Å². The van der Waals surface area contributed by atoms with Gasteiger partial charge in [-0.05, 0) is 62.6 Å². The molecule has 2 aliphatic heterocycles. The number of ether oxygens (including phenoxy) is 1. The summed E-state index contributed by atoms with van der Waals surface area (Å²) in [7, 11) is 0. The maximum atomic E-state index is 13.8. The molecule has 37 heavy (non-hydrogen) atoms. The van der Waals surface area contributed by atoms with E-state index in [2.05, 4.69) is 16.0 Å². The molecule has 0 aromatic heterocycles. The number of amides is 4. The molecule has 4 rings (SSSR count). The third-order valence-electron chi connectivity index (χ3n) is 7.53. The van der Waals surface area contributed by atoms with Gasteiger partial charge in [-0.3, -0.25) is 19.2 Å². The lowest BCUT2D eigenvalue weighted by molar-refractivity contribution is -0.143. The molecular formula is C27H37ClN4O5. The van der Waals surface area contributed by atoms with Crippen molar-refractivity contribution < 1.29 is 23.9 Å². The Labute approximate surface area is 223 Å². The lowest BCUT2D eigenvalue weighted by Crippen LogP contribution is -2.56. The van der Waals surface area contributed by atoms with Gasteiger partial charge in [-0.25, -0.2) is 0 Å². The minimum atomic E-state index is -0.684. The van der Waals surface area contributed by atoms with Crippen LogP contribution in [0.25, 0.3) is 0 Å². The summed E-state index contributed by atoms with van der Waals surface area (Å²) < 4.78 is 5.82. The van der Waals surface area contributed by atoms with Crippen LogP contribution in [0.2, 0.25) is 5.02 Å². The molecule has 0 radical (unpaired) electrons. The number of benzene rings is 1. The molecule has 0 spiro atoms. The predicted molar refractivity (Wildman–Crippen MR) is 139 cm³/mol. The van der Waals surface area contributed by atoms with Crippen molar-refractivity contribution in [1.29, 1.82) is 0 Å². The second-order valence-corrected chi connectivity index (χ2v) is 10.6. The summed E-state index contributed by atoms with van der Waals surface area (Å²) in [5, 5.41) is 9.25. The molecule has 1 aliphatic carbocycles. The summed E-state index contributed by atoms with van der Waals surface area (Å²) in [6, 6.07) is 3.83.